The van der Waals surface area contributed by atoms with E-state index >= 15 is 0 Å². The Morgan fingerprint density at radius 2 is 0.526 bits per heavy atom. The minimum absolute atomic E-state index is 0. The van der Waals surface area contributed by atoms with Gasteiger partial charge in [-0.25, -0.2) is 27.1 Å². The predicted octanol–water partition coefficient (Wildman–Crippen LogP) is -9.79. The van der Waals surface area contributed by atoms with Crippen LogP contribution >= 0.6 is 0 Å². The summed E-state index contributed by atoms with van der Waals surface area (Å²) in [7, 11) is -8.83. The van der Waals surface area contributed by atoms with Crippen LogP contribution in [-0.2, 0) is 37.1 Å². The first-order chi connectivity index (χ1) is 4.00. The third-order valence-electron chi connectivity index (χ3n) is 0. The minimum Gasteiger partial charge on any atom is -0.736 e. The van der Waals surface area contributed by atoms with Gasteiger partial charge in [-0.1, -0.05) is 0 Å². The average molecular weight is 395 g/mol. The van der Waals surface area contributed by atoms with E-state index in [-0.39, 0.29) is 60.3 Å². The minimum atomic E-state index is -4.42. The van der Waals surface area contributed by atoms with E-state index in [1.165, 1.54) is 0 Å². The summed E-state index contributed by atoms with van der Waals surface area (Å²) >= 11 is 0. The van der Waals surface area contributed by atoms with Crippen LogP contribution in [0.2, 0.25) is 0 Å². The Labute approximate surface area is 117 Å². The zero-order valence-electron chi connectivity index (χ0n) is 8.74. The molecule has 0 amide bonds. The molecule has 0 unspecified atom stereocenters. The van der Waals surface area contributed by atoms with E-state index in [2.05, 4.69) is 10.3 Å². The molecule has 0 spiro atoms. The van der Waals surface area contributed by atoms with Gasteiger partial charge in [0.25, 0.3) is 0 Å². The fourth-order valence-electron chi connectivity index (χ4n) is 0. The summed E-state index contributed by atoms with van der Waals surface area (Å²) < 4.78 is 53.1. The first kappa shape index (κ1) is 96.9. The molecule has 0 aliphatic rings. The summed E-state index contributed by atoms with van der Waals surface area (Å²) in [5, 5.41) is 7.54. The SMILES string of the molecule is NS(=O)(=O)[O-].NS(=O)(=O)[O-].O.O.O.O.O.O.O.O.[Ni+2]. The molecule has 0 aromatic rings. The van der Waals surface area contributed by atoms with Gasteiger partial charge in [0.2, 0.25) is 0 Å². The maximum Gasteiger partial charge on any atom is 2.00 e. The topological polar surface area (TPSA) is 418 Å². The Bertz CT molecular complexity index is 220. The van der Waals surface area contributed by atoms with Gasteiger partial charge in [0.15, 0.2) is 20.6 Å². The molecule has 20 N–H and O–H groups in total. The van der Waals surface area contributed by atoms with Crippen LogP contribution < -0.4 is 10.3 Å². The summed E-state index contributed by atoms with van der Waals surface area (Å²) in [5.74, 6) is 0. The first-order valence-corrected chi connectivity index (χ1v) is 4.41. The van der Waals surface area contributed by atoms with Crippen LogP contribution in [0.15, 0.2) is 0 Å². The predicted molar refractivity (Wildman–Crippen MR) is 56.7 cm³/mol. The fraction of sp³-hybridized carbons (Fsp3) is 0. The van der Waals surface area contributed by atoms with Crippen LogP contribution in [0.4, 0.5) is 0 Å². The van der Waals surface area contributed by atoms with Crippen molar-refractivity contribution in [2.45, 2.75) is 0 Å². The summed E-state index contributed by atoms with van der Waals surface area (Å²) in [6, 6.07) is 0. The molecule has 0 aromatic heterocycles. The normalized spacial score (nSPS) is 6.11. The molecule has 0 aliphatic carbocycles. The maximum atomic E-state index is 8.85. The fourth-order valence-corrected chi connectivity index (χ4v) is 0. The Hall–Kier alpha value is -0.0865. The number of hydrogen-bond acceptors (Lipinski definition) is 6. The van der Waals surface area contributed by atoms with Gasteiger partial charge in [0.05, 0.1) is 0 Å². The molecule has 19 heavy (non-hydrogen) atoms. The van der Waals surface area contributed by atoms with E-state index in [0.717, 1.165) is 0 Å². The smallest absolute Gasteiger partial charge is 0.736 e. The molecular weight excluding hydrogens is 375 g/mol. The standard InChI is InChI=1S/2H3NO3S.Ni.8H2O/c2*1-5(2,3)4;;;;;;;;;/h2*(H3,1,2,3,4);;8*1H2/q;;+2;;;;;;;;/p-2. The molecule has 0 saturated heterocycles. The molecule has 0 rings (SSSR count). The van der Waals surface area contributed by atoms with E-state index in [4.69, 9.17) is 25.9 Å². The molecule has 19 heteroatoms. The van der Waals surface area contributed by atoms with Gasteiger partial charge < -0.3 is 52.9 Å². The molecule has 0 aromatic carbocycles. The molecule has 136 valence electrons. The van der Waals surface area contributed by atoms with Crippen molar-refractivity contribution in [3.05, 3.63) is 0 Å². The van der Waals surface area contributed by atoms with Crippen molar-refractivity contribution in [2.24, 2.45) is 10.3 Å². The average Bonchev–Trinajstić information content (AvgIpc) is 1.12. The number of nitrogens with two attached hydrogens (primary N) is 2. The van der Waals surface area contributed by atoms with Gasteiger partial charge in [-0.05, 0) is 0 Å². The van der Waals surface area contributed by atoms with E-state index in [1.54, 1.807) is 0 Å². The summed E-state index contributed by atoms with van der Waals surface area (Å²) in [4.78, 5) is 0. The zero-order chi connectivity index (χ0) is 9.00. The second kappa shape index (κ2) is 36.1. The van der Waals surface area contributed by atoms with Gasteiger partial charge in [0.1, 0.15) is 0 Å². The van der Waals surface area contributed by atoms with Gasteiger partial charge in [-0.2, -0.15) is 0 Å². The summed E-state index contributed by atoms with van der Waals surface area (Å²) in [6.45, 7) is 0. The van der Waals surface area contributed by atoms with Crippen LogP contribution in [0.1, 0.15) is 0 Å². The van der Waals surface area contributed by atoms with Crippen LogP contribution in [0.25, 0.3) is 0 Å². The molecule has 0 radical (unpaired) electrons. The maximum absolute atomic E-state index is 8.85. The Morgan fingerprint density at radius 3 is 0.526 bits per heavy atom. The monoisotopic (exact) mass is 394 g/mol. The summed E-state index contributed by atoms with van der Waals surface area (Å²) in [6.07, 6.45) is 0. The Balaban J connectivity index is -0.00000000508. The second-order valence-electron chi connectivity index (χ2n) is 0.986. The molecule has 0 aliphatic heterocycles. The van der Waals surface area contributed by atoms with Crippen LogP contribution in [-0.4, -0.2) is 69.8 Å². The molecule has 0 bridgehead atoms. The molecule has 0 fully saturated rings. The molecule has 16 nitrogen and oxygen atoms in total. The van der Waals surface area contributed by atoms with Crippen molar-refractivity contribution in [1.82, 2.24) is 0 Å². The zero-order valence-corrected chi connectivity index (χ0v) is 11.4. The van der Waals surface area contributed by atoms with Crippen molar-refractivity contribution in [3.63, 3.8) is 0 Å². The van der Waals surface area contributed by atoms with Crippen LogP contribution in [0, 0.1) is 0 Å². The molecule has 0 saturated carbocycles. The third kappa shape index (κ3) is 606000. The van der Waals surface area contributed by atoms with Crippen molar-refractivity contribution in [2.75, 3.05) is 0 Å². The quantitative estimate of drug-likeness (QED) is 0.296. The van der Waals surface area contributed by atoms with Gasteiger partial charge >= 0.3 is 16.5 Å². The van der Waals surface area contributed by atoms with Gasteiger partial charge in [0, 0.05) is 0 Å². The van der Waals surface area contributed by atoms with Crippen molar-refractivity contribution < 1.29 is 86.2 Å². The molecule has 0 atom stereocenters. The van der Waals surface area contributed by atoms with Crippen molar-refractivity contribution >= 4 is 20.6 Å². The van der Waals surface area contributed by atoms with E-state index in [0.29, 0.717) is 0 Å². The second-order valence-corrected chi connectivity index (χ2v) is 2.96. The number of hydrogen-bond donors (Lipinski definition) is 2. The van der Waals surface area contributed by atoms with Crippen LogP contribution in [0.3, 0.4) is 0 Å². The Kier molecular flexibility index (Phi) is 184. The van der Waals surface area contributed by atoms with Gasteiger partial charge in [-0.3, -0.25) is 0 Å². The largest absolute Gasteiger partial charge is 2.00 e. The van der Waals surface area contributed by atoms with Crippen molar-refractivity contribution in [3.8, 4) is 0 Å². The van der Waals surface area contributed by atoms with Gasteiger partial charge in [-0.15, -0.1) is 0 Å². The van der Waals surface area contributed by atoms with E-state index in [1.807, 2.05) is 0 Å². The van der Waals surface area contributed by atoms with Crippen LogP contribution in [0.5, 0.6) is 0 Å². The van der Waals surface area contributed by atoms with E-state index in [9.17, 15) is 0 Å². The first-order valence-electron chi connectivity index (χ1n) is 1.47. The third-order valence-corrected chi connectivity index (χ3v) is 0. The Morgan fingerprint density at radius 1 is 0.526 bits per heavy atom. The van der Waals surface area contributed by atoms with Crippen molar-refractivity contribution in [1.29, 1.82) is 0 Å². The molecule has 0 heterocycles. The molecular formula is H20N2NiO14S2. The summed E-state index contributed by atoms with van der Waals surface area (Å²) in [5.41, 5.74) is 0. The number of rotatable bonds is 0. The van der Waals surface area contributed by atoms with E-state index < -0.39 is 20.6 Å².